The molecule has 0 aromatic heterocycles. The highest BCUT2D eigenvalue weighted by Gasteiger charge is 2.09. The molecule has 0 aliphatic carbocycles. The summed E-state index contributed by atoms with van der Waals surface area (Å²) in [7, 11) is 0. The Morgan fingerprint density at radius 3 is 2.68 bits per heavy atom. The molecule has 2 rings (SSSR count). The first kappa shape index (κ1) is 18.3. The van der Waals surface area contributed by atoms with Crippen LogP contribution in [0.1, 0.15) is 5.56 Å². The lowest BCUT2D eigenvalue weighted by Crippen LogP contribution is -2.20. The summed E-state index contributed by atoms with van der Waals surface area (Å²) in [5.41, 5.74) is 0.902. The maximum atomic E-state index is 11.7. The van der Waals surface area contributed by atoms with E-state index >= 15 is 0 Å². The SMILES string of the molecule is O=C(COC(=O)C=Cc1cccc(Br)c1)Nc1cccc([N+](=O)[O-])c1. The van der Waals surface area contributed by atoms with Crippen LogP contribution in [0.25, 0.3) is 6.08 Å². The van der Waals surface area contributed by atoms with E-state index in [1.54, 1.807) is 6.08 Å². The monoisotopic (exact) mass is 404 g/mol. The molecular formula is C17H13BrN2O5. The average molecular weight is 405 g/mol. The number of hydrogen-bond acceptors (Lipinski definition) is 5. The van der Waals surface area contributed by atoms with Crippen LogP contribution in [0, 0.1) is 10.1 Å². The zero-order valence-corrected chi connectivity index (χ0v) is 14.4. The van der Waals surface area contributed by atoms with Crippen LogP contribution in [-0.2, 0) is 14.3 Å². The standard InChI is InChI=1S/C17H13BrN2O5/c18-13-4-1-3-12(9-13)7-8-17(22)25-11-16(21)19-14-5-2-6-15(10-14)20(23)24/h1-10H,11H2,(H,19,21). The molecule has 7 nitrogen and oxygen atoms in total. The molecule has 0 bridgehead atoms. The molecule has 1 amide bonds. The molecule has 0 saturated heterocycles. The minimum Gasteiger partial charge on any atom is -0.452 e. The van der Waals surface area contributed by atoms with Gasteiger partial charge >= 0.3 is 5.97 Å². The Morgan fingerprint density at radius 1 is 1.20 bits per heavy atom. The highest BCUT2D eigenvalue weighted by atomic mass is 79.9. The Balaban J connectivity index is 1.84. The number of non-ortho nitro benzene ring substituents is 1. The van der Waals surface area contributed by atoms with Crippen LogP contribution in [0.15, 0.2) is 59.1 Å². The lowest BCUT2D eigenvalue weighted by atomic mass is 10.2. The second-order valence-electron chi connectivity index (χ2n) is 4.85. The van der Waals surface area contributed by atoms with Crippen LogP contribution in [-0.4, -0.2) is 23.4 Å². The van der Waals surface area contributed by atoms with Gasteiger partial charge in [0.05, 0.1) is 4.92 Å². The second-order valence-corrected chi connectivity index (χ2v) is 5.77. The fourth-order valence-electron chi connectivity index (χ4n) is 1.85. The number of nitro groups is 1. The van der Waals surface area contributed by atoms with E-state index in [1.165, 1.54) is 30.3 Å². The number of anilines is 1. The molecule has 0 unspecified atom stereocenters. The molecule has 0 aliphatic rings. The highest BCUT2D eigenvalue weighted by molar-refractivity contribution is 9.10. The van der Waals surface area contributed by atoms with E-state index < -0.39 is 23.4 Å². The molecule has 0 aliphatic heterocycles. The first-order valence-electron chi connectivity index (χ1n) is 7.09. The van der Waals surface area contributed by atoms with Crippen LogP contribution >= 0.6 is 15.9 Å². The van der Waals surface area contributed by atoms with Gasteiger partial charge in [0.2, 0.25) is 0 Å². The Bertz CT molecular complexity index is 835. The van der Waals surface area contributed by atoms with E-state index in [0.717, 1.165) is 10.0 Å². The fourth-order valence-corrected chi connectivity index (χ4v) is 2.27. The van der Waals surface area contributed by atoms with E-state index in [1.807, 2.05) is 24.3 Å². The second kappa shape index (κ2) is 8.74. The number of hydrogen-bond donors (Lipinski definition) is 1. The van der Waals surface area contributed by atoms with Crippen molar-refractivity contribution in [1.29, 1.82) is 0 Å². The number of halogens is 1. The Morgan fingerprint density at radius 2 is 1.96 bits per heavy atom. The number of nitro benzene ring substituents is 1. The van der Waals surface area contributed by atoms with Gasteiger partial charge in [-0.15, -0.1) is 0 Å². The number of amides is 1. The summed E-state index contributed by atoms with van der Waals surface area (Å²) < 4.78 is 5.70. The zero-order valence-electron chi connectivity index (χ0n) is 12.8. The van der Waals surface area contributed by atoms with Gasteiger partial charge in [0.1, 0.15) is 0 Å². The summed E-state index contributed by atoms with van der Waals surface area (Å²) in [4.78, 5) is 33.4. The van der Waals surface area contributed by atoms with Crippen LogP contribution in [0.3, 0.4) is 0 Å². The molecule has 128 valence electrons. The van der Waals surface area contributed by atoms with Gasteiger partial charge in [-0.3, -0.25) is 14.9 Å². The smallest absolute Gasteiger partial charge is 0.331 e. The minimum absolute atomic E-state index is 0.147. The van der Waals surface area contributed by atoms with Crippen LogP contribution in [0.5, 0.6) is 0 Å². The number of ether oxygens (including phenoxy) is 1. The average Bonchev–Trinajstić information content (AvgIpc) is 2.58. The molecule has 0 atom stereocenters. The maximum absolute atomic E-state index is 11.7. The van der Waals surface area contributed by atoms with E-state index in [9.17, 15) is 19.7 Å². The maximum Gasteiger partial charge on any atom is 0.331 e. The number of esters is 1. The van der Waals surface area contributed by atoms with Gasteiger partial charge in [0.25, 0.3) is 11.6 Å². The number of nitrogens with zero attached hydrogens (tertiary/aromatic N) is 1. The number of nitrogens with one attached hydrogen (secondary N) is 1. The summed E-state index contributed by atoms with van der Waals surface area (Å²) in [5.74, 6) is -1.26. The lowest BCUT2D eigenvalue weighted by molar-refractivity contribution is -0.384. The molecule has 2 aromatic carbocycles. The number of carbonyl (C=O) groups is 2. The van der Waals surface area contributed by atoms with Gasteiger partial charge in [0, 0.05) is 28.4 Å². The normalized spacial score (nSPS) is 10.4. The fraction of sp³-hybridized carbons (Fsp3) is 0.0588. The number of benzene rings is 2. The van der Waals surface area contributed by atoms with Crippen molar-refractivity contribution in [3.8, 4) is 0 Å². The summed E-state index contributed by atoms with van der Waals surface area (Å²) in [5, 5.41) is 13.1. The van der Waals surface area contributed by atoms with E-state index in [-0.39, 0.29) is 11.4 Å². The van der Waals surface area contributed by atoms with Crippen molar-refractivity contribution < 1.29 is 19.2 Å². The molecule has 0 spiro atoms. The molecule has 0 heterocycles. The van der Waals surface area contributed by atoms with Crippen molar-refractivity contribution in [3.05, 3.63) is 74.8 Å². The van der Waals surface area contributed by atoms with Crippen LogP contribution in [0.2, 0.25) is 0 Å². The molecule has 2 aromatic rings. The summed E-state index contributed by atoms with van der Waals surface area (Å²) in [6, 6.07) is 12.8. The third-order valence-corrected chi connectivity index (χ3v) is 3.44. The summed E-state index contributed by atoms with van der Waals surface area (Å²) >= 11 is 3.32. The molecule has 0 fully saturated rings. The number of rotatable bonds is 6. The van der Waals surface area contributed by atoms with Crippen molar-refractivity contribution in [1.82, 2.24) is 0 Å². The molecule has 0 saturated carbocycles. The first-order chi connectivity index (χ1) is 11.9. The van der Waals surface area contributed by atoms with Crippen molar-refractivity contribution in [2.75, 3.05) is 11.9 Å². The molecule has 1 N–H and O–H groups in total. The van der Waals surface area contributed by atoms with Gasteiger partial charge in [-0.2, -0.15) is 0 Å². The lowest BCUT2D eigenvalue weighted by Gasteiger charge is -2.05. The largest absolute Gasteiger partial charge is 0.452 e. The highest BCUT2D eigenvalue weighted by Crippen LogP contribution is 2.17. The topological polar surface area (TPSA) is 98.5 Å². The molecule has 0 radical (unpaired) electrons. The summed E-state index contributed by atoms with van der Waals surface area (Å²) in [6.45, 7) is -0.496. The van der Waals surface area contributed by atoms with Crippen molar-refractivity contribution in [3.63, 3.8) is 0 Å². The third-order valence-electron chi connectivity index (χ3n) is 2.95. The van der Waals surface area contributed by atoms with Gasteiger partial charge in [0.15, 0.2) is 6.61 Å². The van der Waals surface area contributed by atoms with Gasteiger partial charge < -0.3 is 10.1 Å². The van der Waals surface area contributed by atoms with Gasteiger partial charge in [-0.05, 0) is 29.8 Å². The van der Waals surface area contributed by atoms with Gasteiger partial charge in [-0.1, -0.05) is 34.1 Å². The number of carbonyl (C=O) groups excluding carboxylic acids is 2. The minimum atomic E-state index is -0.672. The summed E-state index contributed by atoms with van der Waals surface area (Å²) in [6.07, 6.45) is 2.77. The van der Waals surface area contributed by atoms with E-state index in [4.69, 9.17) is 4.74 Å². The molecular weight excluding hydrogens is 392 g/mol. The zero-order chi connectivity index (χ0) is 18.2. The Hall–Kier alpha value is -3.00. The molecule has 8 heteroatoms. The quantitative estimate of drug-likeness (QED) is 0.343. The first-order valence-corrected chi connectivity index (χ1v) is 7.88. The third kappa shape index (κ3) is 6.19. The van der Waals surface area contributed by atoms with E-state index in [2.05, 4.69) is 21.2 Å². The van der Waals surface area contributed by atoms with Crippen LogP contribution < -0.4 is 5.32 Å². The predicted molar refractivity (Wildman–Crippen MR) is 95.9 cm³/mol. The van der Waals surface area contributed by atoms with Crippen molar-refractivity contribution >= 4 is 45.3 Å². The predicted octanol–water partition coefficient (Wildman–Crippen LogP) is 3.55. The van der Waals surface area contributed by atoms with E-state index in [0.29, 0.717) is 0 Å². The Labute approximate surface area is 151 Å². The van der Waals surface area contributed by atoms with Crippen molar-refractivity contribution in [2.45, 2.75) is 0 Å². The van der Waals surface area contributed by atoms with Crippen molar-refractivity contribution in [2.24, 2.45) is 0 Å². The Kier molecular flexibility index (Phi) is 6.41. The van der Waals surface area contributed by atoms with Gasteiger partial charge in [-0.25, -0.2) is 4.79 Å². The van der Waals surface area contributed by atoms with Crippen LogP contribution in [0.4, 0.5) is 11.4 Å². The molecule has 25 heavy (non-hydrogen) atoms.